The first-order chi connectivity index (χ1) is 9.59. The minimum absolute atomic E-state index is 0.0887. The molecule has 4 nitrogen and oxygen atoms in total. The summed E-state index contributed by atoms with van der Waals surface area (Å²) in [6, 6.07) is 8.52. The summed E-state index contributed by atoms with van der Waals surface area (Å²) in [5, 5.41) is 3.45. The Balaban J connectivity index is 1.78. The van der Waals surface area contributed by atoms with Crippen LogP contribution in [0.4, 0.5) is 0 Å². The van der Waals surface area contributed by atoms with E-state index in [4.69, 9.17) is 4.74 Å². The first kappa shape index (κ1) is 15.3. The van der Waals surface area contributed by atoms with Crippen LogP contribution >= 0.6 is 0 Å². The summed E-state index contributed by atoms with van der Waals surface area (Å²) in [6.07, 6.45) is 3.20. The van der Waals surface area contributed by atoms with Crippen molar-refractivity contribution in [1.82, 2.24) is 5.32 Å². The molecule has 112 valence electrons. The lowest BCUT2D eigenvalue weighted by Gasteiger charge is -2.09. The molecule has 1 fully saturated rings. The summed E-state index contributed by atoms with van der Waals surface area (Å²) in [5.74, 6) is 1.07. The van der Waals surface area contributed by atoms with E-state index >= 15 is 0 Å². The van der Waals surface area contributed by atoms with Gasteiger partial charge in [0.2, 0.25) is 0 Å². The van der Waals surface area contributed by atoms with Crippen LogP contribution in [-0.4, -0.2) is 32.6 Å². The van der Waals surface area contributed by atoms with Crippen molar-refractivity contribution in [3.8, 4) is 5.75 Å². The maximum atomic E-state index is 11.6. The number of ether oxygens (including phenoxy) is 1. The fourth-order valence-electron chi connectivity index (χ4n) is 1.99. The number of sulfone groups is 1. The van der Waals surface area contributed by atoms with Crippen molar-refractivity contribution < 1.29 is 13.2 Å². The summed E-state index contributed by atoms with van der Waals surface area (Å²) in [7, 11) is -2.96. The van der Waals surface area contributed by atoms with Gasteiger partial charge in [-0.1, -0.05) is 19.1 Å². The van der Waals surface area contributed by atoms with Crippen molar-refractivity contribution in [2.24, 2.45) is 0 Å². The van der Waals surface area contributed by atoms with E-state index in [1.807, 2.05) is 25.1 Å². The third kappa shape index (κ3) is 5.51. The normalized spacial score (nSPS) is 15.2. The zero-order chi connectivity index (χ0) is 14.4. The van der Waals surface area contributed by atoms with E-state index in [9.17, 15) is 8.42 Å². The van der Waals surface area contributed by atoms with E-state index < -0.39 is 9.84 Å². The number of hydrogen-bond donors (Lipinski definition) is 1. The Morgan fingerprint density at radius 1 is 1.30 bits per heavy atom. The largest absolute Gasteiger partial charge is 0.493 e. The van der Waals surface area contributed by atoms with Crippen LogP contribution < -0.4 is 10.1 Å². The van der Waals surface area contributed by atoms with Gasteiger partial charge >= 0.3 is 0 Å². The second-order valence-corrected chi connectivity index (χ2v) is 7.61. The zero-order valence-electron chi connectivity index (χ0n) is 12.0. The fraction of sp³-hybridized carbons (Fsp3) is 0.600. The Labute approximate surface area is 121 Å². The van der Waals surface area contributed by atoms with Crippen LogP contribution in [0.1, 0.15) is 31.7 Å². The predicted molar refractivity (Wildman–Crippen MR) is 80.7 cm³/mol. The predicted octanol–water partition coefficient (Wildman–Crippen LogP) is 2.14. The molecule has 0 aliphatic heterocycles. The molecule has 0 bridgehead atoms. The van der Waals surface area contributed by atoms with E-state index in [1.54, 1.807) is 0 Å². The molecule has 0 unspecified atom stereocenters. The summed E-state index contributed by atoms with van der Waals surface area (Å²) in [6.45, 7) is 2.94. The van der Waals surface area contributed by atoms with Crippen LogP contribution in [0.25, 0.3) is 0 Å². The number of nitrogens with one attached hydrogen (secondary N) is 1. The lowest BCUT2D eigenvalue weighted by atomic mass is 10.2. The highest BCUT2D eigenvalue weighted by atomic mass is 32.2. The number of benzene rings is 1. The molecule has 1 aliphatic rings. The molecule has 0 heterocycles. The van der Waals surface area contributed by atoms with Gasteiger partial charge in [0.05, 0.1) is 11.5 Å². The summed E-state index contributed by atoms with van der Waals surface area (Å²) >= 11 is 0. The minimum Gasteiger partial charge on any atom is -0.493 e. The van der Waals surface area contributed by atoms with Gasteiger partial charge in [0.1, 0.15) is 12.4 Å². The highest BCUT2D eigenvalue weighted by molar-refractivity contribution is 7.91. The average Bonchev–Trinajstić information content (AvgIpc) is 3.20. The molecular weight excluding hydrogens is 274 g/mol. The molecule has 20 heavy (non-hydrogen) atoms. The van der Waals surface area contributed by atoms with Crippen molar-refractivity contribution in [3.05, 3.63) is 29.8 Å². The Kier molecular flexibility index (Phi) is 5.43. The van der Waals surface area contributed by atoms with Crippen molar-refractivity contribution in [1.29, 1.82) is 0 Å². The summed E-state index contributed by atoms with van der Waals surface area (Å²) in [5.41, 5.74) is 1.17. The van der Waals surface area contributed by atoms with Gasteiger partial charge in [-0.25, -0.2) is 8.42 Å². The van der Waals surface area contributed by atoms with Gasteiger partial charge in [-0.3, -0.25) is 0 Å². The number of rotatable bonds is 9. The third-order valence-electron chi connectivity index (χ3n) is 3.25. The molecule has 1 aromatic rings. The zero-order valence-corrected chi connectivity index (χ0v) is 12.8. The van der Waals surface area contributed by atoms with E-state index in [1.165, 1.54) is 18.4 Å². The van der Waals surface area contributed by atoms with Crippen LogP contribution in [-0.2, 0) is 16.4 Å². The molecular formula is C15H23NO3S. The molecule has 0 atom stereocenters. The average molecular weight is 297 g/mol. The molecule has 1 saturated carbocycles. The summed E-state index contributed by atoms with van der Waals surface area (Å²) < 4.78 is 28.7. The van der Waals surface area contributed by atoms with Crippen LogP contribution in [0.5, 0.6) is 5.75 Å². The second-order valence-electron chi connectivity index (χ2n) is 5.30. The van der Waals surface area contributed by atoms with Crippen LogP contribution in [0.15, 0.2) is 24.3 Å². The van der Waals surface area contributed by atoms with Crippen molar-refractivity contribution in [3.63, 3.8) is 0 Å². The molecule has 1 aromatic carbocycles. The van der Waals surface area contributed by atoms with Crippen molar-refractivity contribution in [2.75, 3.05) is 18.1 Å². The minimum atomic E-state index is -2.96. The Hall–Kier alpha value is -1.07. The maximum absolute atomic E-state index is 11.6. The van der Waals surface area contributed by atoms with E-state index in [0.29, 0.717) is 12.5 Å². The molecule has 5 heteroatoms. The smallest absolute Gasteiger partial charge is 0.153 e. The van der Waals surface area contributed by atoms with Gasteiger partial charge in [-0.05, 0) is 37.0 Å². The van der Waals surface area contributed by atoms with Crippen LogP contribution in [0, 0.1) is 0 Å². The third-order valence-corrected chi connectivity index (χ3v) is 5.07. The molecule has 0 aromatic heterocycles. The van der Waals surface area contributed by atoms with Crippen LogP contribution in [0.2, 0.25) is 0 Å². The molecule has 0 radical (unpaired) electrons. The molecule has 0 saturated heterocycles. The Morgan fingerprint density at radius 2 is 2.10 bits per heavy atom. The first-order valence-electron chi connectivity index (χ1n) is 7.24. The SMILES string of the molecule is CCCS(=O)(=O)CCOc1cccc(CNC2CC2)c1. The van der Waals surface area contributed by atoms with E-state index in [-0.39, 0.29) is 18.1 Å². The van der Waals surface area contributed by atoms with Crippen molar-refractivity contribution >= 4 is 9.84 Å². The molecule has 0 spiro atoms. The van der Waals surface area contributed by atoms with Gasteiger partial charge in [0.25, 0.3) is 0 Å². The highest BCUT2D eigenvalue weighted by Crippen LogP contribution is 2.20. The molecule has 1 N–H and O–H groups in total. The Bertz CT molecular complexity index is 524. The summed E-state index contributed by atoms with van der Waals surface area (Å²) in [4.78, 5) is 0. The van der Waals surface area contributed by atoms with Crippen LogP contribution in [0.3, 0.4) is 0 Å². The highest BCUT2D eigenvalue weighted by Gasteiger charge is 2.19. The second kappa shape index (κ2) is 7.09. The van der Waals surface area contributed by atoms with Gasteiger partial charge in [-0.2, -0.15) is 0 Å². The van der Waals surface area contributed by atoms with E-state index in [2.05, 4.69) is 11.4 Å². The standard InChI is InChI=1S/C15H23NO3S/c1-2-9-20(17,18)10-8-19-15-5-3-4-13(11-15)12-16-14-6-7-14/h3-5,11,14,16H,2,6-10,12H2,1H3. The lowest BCUT2D eigenvalue weighted by Crippen LogP contribution is -2.17. The molecule has 2 rings (SSSR count). The Morgan fingerprint density at radius 3 is 2.80 bits per heavy atom. The fourth-order valence-corrected chi connectivity index (χ4v) is 3.16. The molecule has 1 aliphatic carbocycles. The maximum Gasteiger partial charge on any atom is 0.153 e. The quantitative estimate of drug-likeness (QED) is 0.759. The van der Waals surface area contributed by atoms with E-state index in [0.717, 1.165) is 12.3 Å². The first-order valence-corrected chi connectivity index (χ1v) is 9.07. The topological polar surface area (TPSA) is 55.4 Å². The van der Waals surface area contributed by atoms with Gasteiger partial charge in [0.15, 0.2) is 9.84 Å². The lowest BCUT2D eigenvalue weighted by molar-refractivity contribution is 0.340. The van der Waals surface area contributed by atoms with Gasteiger partial charge < -0.3 is 10.1 Å². The van der Waals surface area contributed by atoms with Gasteiger partial charge in [-0.15, -0.1) is 0 Å². The van der Waals surface area contributed by atoms with Crippen molar-refractivity contribution in [2.45, 2.75) is 38.8 Å². The monoisotopic (exact) mass is 297 g/mol. The number of hydrogen-bond acceptors (Lipinski definition) is 4. The van der Waals surface area contributed by atoms with Gasteiger partial charge in [0, 0.05) is 12.6 Å². The molecule has 0 amide bonds.